The molecule has 0 bridgehead atoms. The van der Waals surface area contributed by atoms with Crippen LogP contribution in [0.25, 0.3) is 10.9 Å². The van der Waals surface area contributed by atoms with Crippen LogP contribution in [0.5, 0.6) is 5.75 Å². The van der Waals surface area contributed by atoms with Gasteiger partial charge in [0.05, 0.1) is 19.7 Å². The Balaban J connectivity index is 1.63. The number of para-hydroxylation sites is 1. The highest BCUT2D eigenvalue weighted by molar-refractivity contribution is 7.80. The Hall–Kier alpha value is -3.16. The second-order valence-electron chi connectivity index (χ2n) is 7.04. The summed E-state index contributed by atoms with van der Waals surface area (Å²) >= 11 is 7.38. The van der Waals surface area contributed by atoms with Crippen molar-refractivity contribution in [2.24, 2.45) is 0 Å². The maximum Gasteiger partial charge on any atom is 0.253 e. The molecule has 0 saturated carbocycles. The van der Waals surface area contributed by atoms with Crippen LogP contribution in [0.15, 0.2) is 76.9 Å². The maximum absolute atomic E-state index is 12.8. The zero-order chi connectivity index (χ0) is 21.6. The van der Waals surface area contributed by atoms with E-state index in [0.717, 1.165) is 22.3 Å². The summed E-state index contributed by atoms with van der Waals surface area (Å²) in [5, 5.41) is 6.83. The highest BCUT2D eigenvalue weighted by Gasteiger charge is 2.15. The number of thiophene rings is 1. The Morgan fingerprint density at radius 1 is 1.10 bits per heavy atom. The molecule has 0 radical (unpaired) electrons. The van der Waals surface area contributed by atoms with Gasteiger partial charge in [0, 0.05) is 27.0 Å². The van der Waals surface area contributed by atoms with Crippen LogP contribution in [0.1, 0.15) is 17.4 Å². The van der Waals surface area contributed by atoms with Gasteiger partial charge in [0.25, 0.3) is 5.56 Å². The van der Waals surface area contributed by atoms with Crippen molar-refractivity contribution in [2.75, 3.05) is 11.9 Å². The average molecular weight is 450 g/mol. The van der Waals surface area contributed by atoms with Gasteiger partial charge < -0.3 is 19.9 Å². The number of hydrogen-bond donors (Lipinski definition) is 2. The molecule has 0 aliphatic heterocycles. The lowest BCUT2D eigenvalue weighted by atomic mass is 10.1. The average Bonchev–Trinajstić information content (AvgIpc) is 3.28. The lowest BCUT2D eigenvalue weighted by Crippen LogP contribution is -2.35. The van der Waals surface area contributed by atoms with Crippen LogP contribution >= 0.6 is 23.6 Å². The number of anilines is 1. The molecule has 4 aromatic rings. The van der Waals surface area contributed by atoms with E-state index >= 15 is 0 Å². The molecule has 0 unspecified atom stereocenters. The Bertz CT molecular complexity index is 1220. The molecule has 5 nitrogen and oxygen atoms in total. The Morgan fingerprint density at radius 2 is 1.94 bits per heavy atom. The zero-order valence-corrected chi connectivity index (χ0v) is 18.8. The molecule has 7 heteroatoms. The van der Waals surface area contributed by atoms with Crippen LogP contribution in [0.4, 0.5) is 5.69 Å². The highest BCUT2D eigenvalue weighted by atomic mass is 32.1. The summed E-state index contributed by atoms with van der Waals surface area (Å²) in [5.41, 5.74) is 2.23. The standard InChI is InChI=1S/C24H23N3O2S2/c1-2-29-20-10-11-22-17(14-20)13-18(23(28)26-22)15-27(16-21-9-6-12-31-21)24(30)25-19-7-4-3-5-8-19/h3-14H,2,15-16H2,1H3,(H,25,30)(H,26,28). The van der Waals surface area contributed by atoms with Crippen LogP contribution in [0.3, 0.4) is 0 Å². The molecule has 0 aliphatic carbocycles. The van der Waals surface area contributed by atoms with E-state index in [-0.39, 0.29) is 5.56 Å². The van der Waals surface area contributed by atoms with Gasteiger partial charge in [-0.15, -0.1) is 11.3 Å². The van der Waals surface area contributed by atoms with Crippen molar-refractivity contribution in [1.29, 1.82) is 0 Å². The fraction of sp³-hybridized carbons (Fsp3) is 0.167. The predicted octanol–water partition coefficient (Wildman–Crippen LogP) is 5.39. The molecule has 0 fully saturated rings. The van der Waals surface area contributed by atoms with Crippen LogP contribution < -0.4 is 15.6 Å². The molecule has 4 rings (SSSR count). The highest BCUT2D eigenvalue weighted by Crippen LogP contribution is 2.21. The fourth-order valence-electron chi connectivity index (χ4n) is 3.32. The lowest BCUT2D eigenvalue weighted by molar-refractivity contribution is 0.340. The van der Waals surface area contributed by atoms with Gasteiger partial charge in [0.1, 0.15) is 5.75 Å². The molecular formula is C24H23N3O2S2. The first-order chi connectivity index (χ1) is 15.1. The van der Waals surface area contributed by atoms with E-state index < -0.39 is 0 Å². The number of aromatic nitrogens is 1. The third-order valence-corrected chi connectivity index (χ3v) is 6.03. The molecule has 31 heavy (non-hydrogen) atoms. The number of nitrogens with zero attached hydrogens (tertiary/aromatic N) is 1. The van der Waals surface area contributed by atoms with Crippen LogP contribution in [0, 0.1) is 0 Å². The van der Waals surface area contributed by atoms with Crippen molar-refractivity contribution >= 4 is 45.3 Å². The van der Waals surface area contributed by atoms with E-state index in [2.05, 4.69) is 16.4 Å². The first kappa shape index (κ1) is 21.1. The zero-order valence-electron chi connectivity index (χ0n) is 17.1. The van der Waals surface area contributed by atoms with Crippen molar-refractivity contribution < 1.29 is 4.74 Å². The van der Waals surface area contributed by atoms with Crippen molar-refractivity contribution in [3.63, 3.8) is 0 Å². The molecule has 0 amide bonds. The molecule has 2 aromatic carbocycles. The first-order valence-electron chi connectivity index (χ1n) is 10.0. The van der Waals surface area contributed by atoms with E-state index in [4.69, 9.17) is 17.0 Å². The van der Waals surface area contributed by atoms with E-state index in [1.165, 1.54) is 4.88 Å². The minimum absolute atomic E-state index is 0.115. The molecule has 158 valence electrons. The quantitative estimate of drug-likeness (QED) is 0.371. The number of hydrogen-bond acceptors (Lipinski definition) is 4. The van der Waals surface area contributed by atoms with Crippen molar-refractivity contribution in [3.8, 4) is 5.75 Å². The van der Waals surface area contributed by atoms with E-state index in [1.807, 2.05) is 77.9 Å². The van der Waals surface area contributed by atoms with Gasteiger partial charge in [-0.05, 0) is 67.0 Å². The van der Waals surface area contributed by atoms with Crippen molar-refractivity contribution in [1.82, 2.24) is 9.88 Å². The first-order valence-corrected chi connectivity index (χ1v) is 11.3. The van der Waals surface area contributed by atoms with Gasteiger partial charge in [-0.25, -0.2) is 0 Å². The van der Waals surface area contributed by atoms with E-state index in [1.54, 1.807) is 11.3 Å². The summed E-state index contributed by atoms with van der Waals surface area (Å²) < 4.78 is 5.61. The molecule has 0 atom stereocenters. The van der Waals surface area contributed by atoms with Crippen LogP contribution in [-0.2, 0) is 13.1 Å². The fourth-order valence-corrected chi connectivity index (χ4v) is 4.29. The van der Waals surface area contributed by atoms with E-state index in [0.29, 0.717) is 30.4 Å². The topological polar surface area (TPSA) is 57.4 Å². The minimum Gasteiger partial charge on any atom is -0.494 e. The largest absolute Gasteiger partial charge is 0.494 e. The number of benzene rings is 2. The van der Waals surface area contributed by atoms with Gasteiger partial charge in [-0.3, -0.25) is 4.79 Å². The molecule has 2 aromatic heterocycles. The third kappa shape index (κ3) is 5.31. The Labute approximate surface area is 190 Å². The SMILES string of the molecule is CCOc1ccc2[nH]c(=O)c(CN(Cc3cccs3)C(=S)Nc3ccccc3)cc2c1. The predicted molar refractivity (Wildman–Crippen MR) is 132 cm³/mol. The summed E-state index contributed by atoms with van der Waals surface area (Å²) in [6, 6.07) is 21.5. The normalized spacial score (nSPS) is 10.7. The summed E-state index contributed by atoms with van der Waals surface area (Å²) in [5.74, 6) is 0.782. The van der Waals surface area contributed by atoms with Gasteiger partial charge in [0.2, 0.25) is 0 Å². The minimum atomic E-state index is -0.115. The summed E-state index contributed by atoms with van der Waals surface area (Å²) in [7, 11) is 0. The number of thiocarbonyl (C=S) groups is 1. The second-order valence-corrected chi connectivity index (χ2v) is 8.46. The van der Waals surface area contributed by atoms with Crippen molar-refractivity contribution in [3.05, 3.63) is 92.9 Å². The van der Waals surface area contributed by atoms with Gasteiger partial charge in [-0.1, -0.05) is 24.3 Å². The van der Waals surface area contributed by atoms with Crippen molar-refractivity contribution in [2.45, 2.75) is 20.0 Å². The maximum atomic E-state index is 12.8. The Morgan fingerprint density at radius 3 is 2.68 bits per heavy atom. The molecule has 0 saturated heterocycles. The number of ether oxygens (including phenoxy) is 1. The summed E-state index contributed by atoms with van der Waals surface area (Å²) in [6.45, 7) is 3.55. The second kappa shape index (κ2) is 9.76. The van der Waals surface area contributed by atoms with Gasteiger partial charge >= 0.3 is 0 Å². The van der Waals surface area contributed by atoms with E-state index in [9.17, 15) is 4.79 Å². The number of fused-ring (bicyclic) bond motifs is 1. The molecular weight excluding hydrogens is 426 g/mol. The molecule has 0 aliphatic rings. The van der Waals surface area contributed by atoms with Gasteiger partial charge in [-0.2, -0.15) is 0 Å². The summed E-state index contributed by atoms with van der Waals surface area (Å²) in [4.78, 5) is 19.0. The molecule has 0 spiro atoms. The molecule has 2 heterocycles. The molecule has 2 N–H and O–H groups in total. The third-order valence-electron chi connectivity index (χ3n) is 4.80. The number of rotatable bonds is 7. The number of H-pyrrole nitrogens is 1. The lowest BCUT2D eigenvalue weighted by Gasteiger charge is -2.25. The number of pyridine rings is 1. The van der Waals surface area contributed by atoms with Crippen LogP contribution in [-0.4, -0.2) is 21.6 Å². The summed E-state index contributed by atoms with van der Waals surface area (Å²) in [6.07, 6.45) is 0. The Kier molecular flexibility index (Phi) is 6.64. The van der Waals surface area contributed by atoms with Gasteiger partial charge in [0.15, 0.2) is 5.11 Å². The number of nitrogens with one attached hydrogen (secondary N) is 2. The number of aromatic amines is 1. The van der Waals surface area contributed by atoms with Crippen LogP contribution in [0.2, 0.25) is 0 Å². The smallest absolute Gasteiger partial charge is 0.253 e. The monoisotopic (exact) mass is 449 g/mol.